The van der Waals surface area contributed by atoms with Crippen LogP contribution in [0.3, 0.4) is 0 Å². The fourth-order valence-electron chi connectivity index (χ4n) is 2.51. The molecule has 1 aromatic rings. The van der Waals surface area contributed by atoms with Gasteiger partial charge in [-0.05, 0) is 58.2 Å². The second-order valence-corrected chi connectivity index (χ2v) is 8.38. The van der Waals surface area contributed by atoms with Crippen LogP contribution >= 0.6 is 15.9 Å². The SMILES string of the molecule is CC[NH+](CC)CCC[C@@H](C)NS(=O)(=O)c1cc(Br)ccc1C. The zero-order valence-electron chi connectivity index (χ0n) is 13.9. The van der Waals surface area contributed by atoms with Crippen molar-refractivity contribution in [1.82, 2.24) is 4.72 Å². The molecule has 0 heterocycles. The standard InChI is InChI=1S/C16H27BrN2O2S/c1-5-19(6-2)11-7-8-14(4)18-22(20,21)16-12-15(17)10-9-13(16)3/h9-10,12,14,18H,5-8,11H2,1-4H3/p+1/t14-/m1/s1. The van der Waals surface area contributed by atoms with Gasteiger partial charge in [-0.3, -0.25) is 0 Å². The highest BCUT2D eigenvalue weighted by atomic mass is 79.9. The molecule has 22 heavy (non-hydrogen) atoms. The molecule has 4 nitrogen and oxygen atoms in total. The van der Waals surface area contributed by atoms with E-state index in [1.165, 1.54) is 0 Å². The van der Waals surface area contributed by atoms with Crippen molar-refractivity contribution in [2.24, 2.45) is 0 Å². The van der Waals surface area contributed by atoms with E-state index >= 15 is 0 Å². The average Bonchev–Trinajstić information content (AvgIpc) is 2.45. The van der Waals surface area contributed by atoms with E-state index in [1.54, 1.807) is 11.0 Å². The van der Waals surface area contributed by atoms with Crippen LogP contribution < -0.4 is 9.62 Å². The lowest BCUT2D eigenvalue weighted by Gasteiger charge is -2.18. The van der Waals surface area contributed by atoms with Gasteiger partial charge in [0.05, 0.1) is 24.5 Å². The van der Waals surface area contributed by atoms with Crippen LogP contribution in [0.4, 0.5) is 0 Å². The molecular formula is C16H28BrN2O2S+. The van der Waals surface area contributed by atoms with Gasteiger partial charge in [0, 0.05) is 10.5 Å². The van der Waals surface area contributed by atoms with Gasteiger partial charge in [-0.1, -0.05) is 22.0 Å². The number of sulfonamides is 1. The van der Waals surface area contributed by atoms with Crippen molar-refractivity contribution in [1.29, 1.82) is 0 Å². The lowest BCUT2D eigenvalue weighted by molar-refractivity contribution is -0.896. The van der Waals surface area contributed by atoms with Crippen LogP contribution in [0, 0.1) is 6.92 Å². The topological polar surface area (TPSA) is 50.6 Å². The van der Waals surface area contributed by atoms with Gasteiger partial charge in [-0.15, -0.1) is 0 Å². The Kier molecular flexibility index (Phi) is 8.03. The summed E-state index contributed by atoms with van der Waals surface area (Å²) in [6.45, 7) is 11.4. The number of nitrogens with one attached hydrogen (secondary N) is 2. The lowest BCUT2D eigenvalue weighted by atomic mass is 10.2. The Morgan fingerprint density at radius 2 is 1.91 bits per heavy atom. The molecule has 0 bridgehead atoms. The smallest absolute Gasteiger partial charge is 0.241 e. The van der Waals surface area contributed by atoms with Gasteiger partial charge < -0.3 is 4.90 Å². The molecule has 0 radical (unpaired) electrons. The summed E-state index contributed by atoms with van der Waals surface area (Å²) in [6.07, 6.45) is 1.88. The number of hydrogen-bond donors (Lipinski definition) is 2. The molecule has 2 N–H and O–H groups in total. The minimum atomic E-state index is -3.46. The second-order valence-electron chi connectivity index (χ2n) is 5.78. The molecule has 126 valence electrons. The summed E-state index contributed by atoms with van der Waals surface area (Å²) >= 11 is 3.33. The Balaban J connectivity index is 2.62. The summed E-state index contributed by atoms with van der Waals surface area (Å²) in [5.74, 6) is 0. The first-order valence-electron chi connectivity index (χ1n) is 7.92. The highest BCUT2D eigenvalue weighted by Gasteiger charge is 2.20. The first-order valence-corrected chi connectivity index (χ1v) is 10.2. The van der Waals surface area contributed by atoms with E-state index < -0.39 is 10.0 Å². The van der Waals surface area contributed by atoms with E-state index in [9.17, 15) is 8.42 Å². The Bertz CT molecular complexity index is 572. The minimum absolute atomic E-state index is 0.0571. The van der Waals surface area contributed by atoms with Crippen molar-refractivity contribution < 1.29 is 13.3 Å². The normalized spacial score (nSPS) is 13.5. The third kappa shape index (κ3) is 5.99. The second kappa shape index (κ2) is 9.01. The highest BCUT2D eigenvalue weighted by molar-refractivity contribution is 9.10. The van der Waals surface area contributed by atoms with E-state index in [0.717, 1.165) is 42.5 Å². The number of hydrogen-bond acceptors (Lipinski definition) is 2. The van der Waals surface area contributed by atoms with E-state index in [1.807, 2.05) is 26.0 Å². The molecule has 0 fully saturated rings. The number of benzene rings is 1. The molecule has 1 atom stereocenters. The predicted octanol–water partition coefficient (Wildman–Crippen LogP) is 2.13. The van der Waals surface area contributed by atoms with Gasteiger partial charge in [0.15, 0.2) is 0 Å². The van der Waals surface area contributed by atoms with Crippen LogP contribution in [0.15, 0.2) is 27.6 Å². The van der Waals surface area contributed by atoms with E-state index in [4.69, 9.17) is 0 Å². The van der Waals surface area contributed by atoms with E-state index in [0.29, 0.717) is 4.90 Å². The van der Waals surface area contributed by atoms with E-state index in [2.05, 4.69) is 34.5 Å². The quantitative estimate of drug-likeness (QED) is 0.677. The van der Waals surface area contributed by atoms with E-state index in [-0.39, 0.29) is 6.04 Å². The molecule has 0 aliphatic rings. The highest BCUT2D eigenvalue weighted by Crippen LogP contribution is 2.20. The minimum Gasteiger partial charge on any atom is -0.335 e. The fourth-order valence-corrected chi connectivity index (χ4v) is 4.57. The van der Waals surface area contributed by atoms with Gasteiger partial charge in [0.2, 0.25) is 10.0 Å². The molecule has 6 heteroatoms. The molecule has 0 aromatic heterocycles. The van der Waals surface area contributed by atoms with Crippen molar-refractivity contribution >= 4 is 26.0 Å². The Hall–Kier alpha value is -0.430. The summed E-state index contributed by atoms with van der Waals surface area (Å²) < 4.78 is 28.5. The van der Waals surface area contributed by atoms with Crippen LogP contribution in [0.5, 0.6) is 0 Å². The van der Waals surface area contributed by atoms with Crippen molar-refractivity contribution in [2.75, 3.05) is 19.6 Å². The summed E-state index contributed by atoms with van der Waals surface area (Å²) in [6, 6.07) is 5.26. The third-order valence-corrected chi connectivity index (χ3v) is 6.19. The number of quaternary nitrogens is 1. The summed E-state index contributed by atoms with van der Waals surface area (Å²) in [7, 11) is -3.46. The molecule has 0 spiro atoms. The zero-order chi connectivity index (χ0) is 16.8. The summed E-state index contributed by atoms with van der Waals surface area (Å²) in [4.78, 5) is 1.90. The van der Waals surface area contributed by atoms with Gasteiger partial charge in [-0.2, -0.15) is 0 Å². The maximum absolute atomic E-state index is 12.5. The first-order chi connectivity index (χ1) is 10.3. The average molecular weight is 392 g/mol. The number of aryl methyl sites for hydroxylation is 1. The predicted molar refractivity (Wildman–Crippen MR) is 94.8 cm³/mol. The maximum Gasteiger partial charge on any atom is 0.241 e. The van der Waals surface area contributed by atoms with Gasteiger partial charge in [0.25, 0.3) is 0 Å². The summed E-state index contributed by atoms with van der Waals surface area (Å²) in [5, 5.41) is 0. The lowest BCUT2D eigenvalue weighted by Crippen LogP contribution is -3.11. The van der Waals surface area contributed by atoms with Gasteiger partial charge >= 0.3 is 0 Å². The number of halogens is 1. The monoisotopic (exact) mass is 391 g/mol. The number of rotatable bonds is 9. The van der Waals surface area contributed by atoms with Crippen LogP contribution in [0.1, 0.15) is 39.2 Å². The molecule has 0 aliphatic carbocycles. The van der Waals surface area contributed by atoms with Crippen LogP contribution in [-0.2, 0) is 10.0 Å². The zero-order valence-corrected chi connectivity index (χ0v) is 16.4. The molecule has 1 aromatic carbocycles. The van der Waals surface area contributed by atoms with Gasteiger partial charge in [0.1, 0.15) is 0 Å². The van der Waals surface area contributed by atoms with Crippen molar-refractivity contribution in [2.45, 2.75) is 51.5 Å². The molecule has 1 rings (SSSR count). The van der Waals surface area contributed by atoms with Crippen molar-refractivity contribution in [3.63, 3.8) is 0 Å². The van der Waals surface area contributed by atoms with Crippen LogP contribution in [0.2, 0.25) is 0 Å². The van der Waals surface area contributed by atoms with Gasteiger partial charge in [-0.25, -0.2) is 13.1 Å². The summed E-state index contributed by atoms with van der Waals surface area (Å²) in [5.41, 5.74) is 0.760. The molecule has 0 unspecified atom stereocenters. The Morgan fingerprint density at radius 3 is 2.50 bits per heavy atom. The largest absolute Gasteiger partial charge is 0.335 e. The first kappa shape index (κ1) is 19.6. The van der Waals surface area contributed by atoms with Crippen molar-refractivity contribution in [3.8, 4) is 0 Å². The van der Waals surface area contributed by atoms with Crippen LogP contribution in [-0.4, -0.2) is 34.1 Å². The van der Waals surface area contributed by atoms with Crippen molar-refractivity contribution in [3.05, 3.63) is 28.2 Å². The third-order valence-electron chi connectivity index (χ3n) is 3.96. The maximum atomic E-state index is 12.5. The molecular weight excluding hydrogens is 364 g/mol. The molecule has 0 amide bonds. The molecule has 0 saturated heterocycles. The Morgan fingerprint density at radius 1 is 1.27 bits per heavy atom. The molecule has 0 saturated carbocycles. The fraction of sp³-hybridized carbons (Fsp3) is 0.625. The Labute approximate surface area is 143 Å². The molecule has 0 aliphatic heterocycles. The van der Waals surface area contributed by atoms with Crippen LogP contribution in [0.25, 0.3) is 0 Å².